The molecule has 0 amide bonds. The van der Waals surface area contributed by atoms with Crippen LogP contribution in [0.1, 0.15) is 20.8 Å². The van der Waals surface area contributed by atoms with E-state index in [-0.39, 0.29) is 0 Å². The van der Waals surface area contributed by atoms with Crippen molar-refractivity contribution in [2.75, 3.05) is 0 Å². The van der Waals surface area contributed by atoms with Gasteiger partial charge in [0.05, 0.1) is 6.10 Å². The predicted molar refractivity (Wildman–Crippen MR) is 78.8 cm³/mol. The van der Waals surface area contributed by atoms with Crippen molar-refractivity contribution >= 4 is 7.82 Å². The van der Waals surface area contributed by atoms with E-state index in [1.165, 1.54) is 0 Å². The lowest BCUT2D eigenvalue weighted by molar-refractivity contribution is -0.228. The van der Waals surface area contributed by atoms with Gasteiger partial charge >= 0.3 is 7.82 Å². The Kier molecular flexibility index (Phi) is 3.57. The Labute approximate surface area is 134 Å². The Morgan fingerprint density at radius 2 is 1.78 bits per heavy atom. The van der Waals surface area contributed by atoms with Gasteiger partial charge in [0.15, 0.2) is 12.1 Å². The second-order valence-corrected chi connectivity index (χ2v) is 7.80. The quantitative estimate of drug-likeness (QED) is 0.765. The first kappa shape index (κ1) is 15.6. The van der Waals surface area contributed by atoms with Crippen molar-refractivity contribution in [2.45, 2.75) is 57.3 Å². The van der Waals surface area contributed by atoms with E-state index in [4.69, 9.17) is 27.8 Å². The third-order valence-corrected chi connectivity index (χ3v) is 5.52. The first-order valence-electron chi connectivity index (χ1n) is 7.58. The molecule has 23 heavy (non-hydrogen) atoms. The molecule has 4 rings (SSSR count). The highest BCUT2D eigenvalue weighted by atomic mass is 31.2. The fourth-order valence-corrected chi connectivity index (χ4v) is 4.67. The van der Waals surface area contributed by atoms with Crippen LogP contribution in [0.2, 0.25) is 0 Å². The average molecular weight is 342 g/mol. The van der Waals surface area contributed by atoms with Crippen molar-refractivity contribution < 1.29 is 32.3 Å². The molecule has 3 aliphatic rings. The molecule has 7 nitrogen and oxygen atoms in total. The minimum Gasteiger partial charge on any atom is -0.404 e. The van der Waals surface area contributed by atoms with E-state index in [0.717, 1.165) is 0 Å². The molecular formula is C15H19O7P. The van der Waals surface area contributed by atoms with Gasteiger partial charge in [0.2, 0.25) is 0 Å². The molecular weight excluding hydrogens is 323 g/mol. The molecule has 0 radical (unpaired) electrons. The summed E-state index contributed by atoms with van der Waals surface area (Å²) in [6.07, 6.45) is -2.48. The summed E-state index contributed by atoms with van der Waals surface area (Å²) in [7, 11) is -3.77. The second-order valence-electron chi connectivity index (χ2n) is 6.30. The monoisotopic (exact) mass is 342 g/mol. The van der Waals surface area contributed by atoms with Gasteiger partial charge in [0.25, 0.3) is 0 Å². The molecule has 1 aromatic rings. The van der Waals surface area contributed by atoms with E-state index < -0.39 is 44.3 Å². The van der Waals surface area contributed by atoms with Crippen LogP contribution in [0.15, 0.2) is 30.3 Å². The van der Waals surface area contributed by atoms with E-state index in [9.17, 15) is 4.57 Å². The molecule has 6 atom stereocenters. The molecule has 6 unspecified atom stereocenters. The third kappa shape index (κ3) is 2.82. The van der Waals surface area contributed by atoms with Crippen LogP contribution in [-0.4, -0.2) is 36.5 Å². The van der Waals surface area contributed by atoms with E-state index in [1.54, 1.807) is 45.0 Å². The summed E-state index contributed by atoms with van der Waals surface area (Å²) in [5.41, 5.74) is 0. The van der Waals surface area contributed by atoms with Gasteiger partial charge in [-0.3, -0.25) is 9.05 Å². The van der Waals surface area contributed by atoms with Crippen LogP contribution in [0, 0.1) is 0 Å². The van der Waals surface area contributed by atoms with Crippen LogP contribution in [0.25, 0.3) is 0 Å². The summed E-state index contributed by atoms with van der Waals surface area (Å²) >= 11 is 0. The summed E-state index contributed by atoms with van der Waals surface area (Å²) in [6.45, 7) is 5.37. The van der Waals surface area contributed by atoms with Gasteiger partial charge in [-0.1, -0.05) is 18.2 Å². The van der Waals surface area contributed by atoms with Gasteiger partial charge in [-0.05, 0) is 32.9 Å². The zero-order valence-electron chi connectivity index (χ0n) is 13.1. The van der Waals surface area contributed by atoms with Gasteiger partial charge in [-0.25, -0.2) is 4.57 Å². The smallest absolute Gasteiger partial charge is 0.404 e. The number of hydrogen-bond donors (Lipinski definition) is 0. The highest BCUT2D eigenvalue weighted by Gasteiger charge is 2.62. The summed E-state index contributed by atoms with van der Waals surface area (Å²) in [5, 5.41) is 0. The molecule has 0 bridgehead atoms. The van der Waals surface area contributed by atoms with Crippen LogP contribution < -0.4 is 4.52 Å². The zero-order chi connectivity index (χ0) is 16.2. The fourth-order valence-electron chi connectivity index (χ4n) is 3.09. The normalized spacial score (nSPS) is 44.6. The number of phosphoric acid groups is 1. The molecule has 3 fully saturated rings. The molecule has 126 valence electrons. The minimum atomic E-state index is -3.77. The molecule has 0 saturated carbocycles. The summed E-state index contributed by atoms with van der Waals surface area (Å²) < 4.78 is 46.8. The maximum Gasteiger partial charge on any atom is 0.530 e. The fraction of sp³-hybridized carbons (Fsp3) is 0.600. The highest BCUT2D eigenvalue weighted by Crippen LogP contribution is 2.58. The number of benzene rings is 1. The van der Waals surface area contributed by atoms with Crippen LogP contribution in [0.3, 0.4) is 0 Å². The maximum absolute atomic E-state index is 12.9. The number of phosphoric ester groups is 1. The van der Waals surface area contributed by atoms with E-state index in [2.05, 4.69) is 0 Å². The second kappa shape index (κ2) is 5.28. The lowest BCUT2D eigenvalue weighted by Gasteiger charge is -2.36. The molecule has 0 aliphatic carbocycles. The number of para-hydroxylation sites is 1. The first-order valence-corrected chi connectivity index (χ1v) is 9.04. The number of ether oxygens (including phenoxy) is 3. The topological polar surface area (TPSA) is 72.5 Å². The maximum atomic E-state index is 12.9. The van der Waals surface area contributed by atoms with Crippen molar-refractivity contribution in [3.05, 3.63) is 30.3 Å². The number of rotatable bonds is 2. The van der Waals surface area contributed by atoms with E-state index in [0.29, 0.717) is 5.75 Å². The molecule has 3 saturated heterocycles. The standard InChI is InChI=1S/C15H19O7P/c1-9-11-12(13-14(17-11)19-15(2,3)18-13)22-23(16,20-9)21-10-7-5-4-6-8-10/h4-9,11-14H,1-3H3. The Bertz CT molecular complexity index is 634. The number of hydrogen-bond acceptors (Lipinski definition) is 7. The zero-order valence-corrected chi connectivity index (χ0v) is 14.0. The van der Waals surface area contributed by atoms with Crippen LogP contribution >= 0.6 is 7.82 Å². The molecule has 3 heterocycles. The average Bonchev–Trinajstić information content (AvgIpc) is 2.93. The van der Waals surface area contributed by atoms with Gasteiger partial charge in [0, 0.05) is 0 Å². The molecule has 3 aliphatic heterocycles. The molecule has 8 heteroatoms. The third-order valence-electron chi connectivity index (χ3n) is 4.00. The largest absolute Gasteiger partial charge is 0.530 e. The Morgan fingerprint density at radius 1 is 1.04 bits per heavy atom. The predicted octanol–water partition coefficient (Wildman–Crippen LogP) is 2.85. The van der Waals surface area contributed by atoms with Gasteiger partial charge in [-0.2, -0.15) is 0 Å². The highest BCUT2D eigenvalue weighted by molar-refractivity contribution is 7.49. The van der Waals surface area contributed by atoms with Crippen molar-refractivity contribution in [1.82, 2.24) is 0 Å². The summed E-state index contributed by atoms with van der Waals surface area (Å²) in [5.74, 6) is -0.351. The molecule has 0 spiro atoms. The van der Waals surface area contributed by atoms with E-state index in [1.807, 2.05) is 6.07 Å². The van der Waals surface area contributed by atoms with Gasteiger partial charge < -0.3 is 18.7 Å². The summed E-state index contributed by atoms with van der Waals surface area (Å²) in [4.78, 5) is 0. The van der Waals surface area contributed by atoms with E-state index >= 15 is 0 Å². The SMILES string of the molecule is CC1OP(=O)(Oc2ccccc2)OC2C1OC1OC(C)(C)OC12. The molecule has 0 N–H and O–H groups in total. The lowest BCUT2D eigenvalue weighted by atomic mass is 10.1. The Morgan fingerprint density at radius 3 is 2.52 bits per heavy atom. The summed E-state index contributed by atoms with van der Waals surface area (Å²) in [6, 6.07) is 8.78. The molecule has 0 aromatic heterocycles. The number of fused-ring (bicyclic) bond motifs is 3. The van der Waals surface area contributed by atoms with Crippen LogP contribution in [0.5, 0.6) is 5.75 Å². The minimum absolute atomic E-state index is 0.414. The lowest BCUT2D eigenvalue weighted by Crippen LogP contribution is -2.45. The Hall–Kier alpha value is -0.950. The van der Waals surface area contributed by atoms with Crippen molar-refractivity contribution in [3.63, 3.8) is 0 Å². The van der Waals surface area contributed by atoms with Crippen molar-refractivity contribution in [2.24, 2.45) is 0 Å². The van der Waals surface area contributed by atoms with Gasteiger partial charge in [0.1, 0.15) is 24.1 Å². The van der Waals surface area contributed by atoms with Crippen LogP contribution in [-0.2, 0) is 27.8 Å². The van der Waals surface area contributed by atoms with Crippen molar-refractivity contribution in [3.8, 4) is 5.75 Å². The van der Waals surface area contributed by atoms with Crippen LogP contribution in [0.4, 0.5) is 0 Å². The van der Waals surface area contributed by atoms with Gasteiger partial charge in [-0.15, -0.1) is 0 Å². The Balaban J connectivity index is 1.56. The van der Waals surface area contributed by atoms with Crippen molar-refractivity contribution in [1.29, 1.82) is 0 Å². The molecule has 1 aromatic carbocycles. The first-order chi connectivity index (χ1) is 10.9.